The van der Waals surface area contributed by atoms with Gasteiger partial charge in [0.1, 0.15) is 5.75 Å². The van der Waals surface area contributed by atoms with E-state index in [1.54, 1.807) is 18.2 Å². The number of benzene rings is 1. The van der Waals surface area contributed by atoms with Crippen LogP contribution in [-0.2, 0) is 16.1 Å². The molecule has 0 bridgehead atoms. The van der Waals surface area contributed by atoms with Crippen LogP contribution in [0.25, 0.3) is 0 Å². The van der Waals surface area contributed by atoms with Crippen LogP contribution in [0.4, 0.5) is 13.2 Å². The third-order valence-corrected chi connectivity index (χ3v) is 5.72. The van der Waals surface area contributed by atoms with Crippen LogP contribution in [0.3, 0.4) is 0 Å². The van der Waals surface area contributed by atoms with Gasteiger partial charge in [-0.05, 0) is 31.7 Å². The molecule has 3 rings (SSSR count). The van der Waals surface area contributed by atoms with E-state index < -0.39 is 6.36 Å². The first-order valence-electron chi connectivity index (χ1n) is 10.3. The van der Waals surface area contributed by atoms with Gasteiger partial charge >= 0.3 is 6.36 Å². The highest BCUT2D eigenvalue weighted by Crippen LogP contribution is 2.29. The quantitative estimate of drug-likeness (QED) is 0.707. The molecule has 1 aromatic carbocycles. The van der Waals surface area contributed by atoms with Gasteiger partial charge in [0, 0.05) is 56.9 Å². The fourth-order valence-corrected chi connectivity index (χ4v) is 4.31. The minimum absolute atomic E-state index is 0.146. The van der Waals surface area contributed by atoms with Crippen LogP contribution < -0.4 is 4.74 Å². The van der Waals surface area contributed by atoms with Gasteiger partial charge < -0.3 is 14.4 Å². The normalized spacial score (nSPS) is 19.9. The summed E-state index contributed by atoms with van der Waals surface area (Å²) in [5.74, 6) is 0.0337. The fourth-order valence-electron chi connectivity index (χ4n) is 4.31. The third-order valence-electron chi connectivity index (χ3n) is 5.72. The second-order valence-corrected chi connectivity index (χ2v) is 7.66. The Morgan fingerprint density at radius 1 is 1.14 bits per heavy atom. The first-order valence-corrected chi connectivity index (χ1v) is 10.3. The van der Waals surface area contributed by atoms with Crippen molar-refractivity contribution in [2.75, 3.05) is 26.3 Å². The van der Waals surface area contributed by atoms with E-state index in [-0.39, 0.29) is 23.7 Å². The van der Waals surface area contributed by atoms with Crippen molar-refractivity contribution in [3.63, 3.8) is 0 Å². The van der Waals surface area contributed by atoms with E-state index in [0.29, 0.717) is 31.7 Å². The summed E-state index contributed by atoms with van der Waals surface area (Å²) in [6.07, 6.45) is -0.827. The number of rotatable bonds is 6. The molecule has 2 aliphatic rings. The van der Waals surface area contributed by atoms with E-state index in [1.807, 2.05) is 6.92 Å². The van der Waals surface area contributed by atoms with Gasteiger partial charge in [0.15, 0.2) is 0 Å². The second-order valence-electron chi connectivity index (χ2n) is 7.66. The Labute approximate surface area is 169 Å². The van der Waals surface area contributed by atoms with Crippen LogP contribution >= 0.6 is 0 Å². The standard InChI is InChI=1S/C21H29F3N2O3/c1-2-20(27)26(18-9-13-28-14-10-18)17-7-11-25(12-8-17)15-16-5-3-4-6-19(16)29-21(22,23)24/h3-6,17-18H,2,7-15H2,1H3. The zero-order valence-corrected chi connectivity index (χ0v) is 16.8. The smallest absolute Gasteiger partial charge is 0.405 e. The Kier molecular flexibility index (Phi) is 7.40. The number of alkyl halides is 3. The van der Waals surface area contributed by atoms with Gasteiger partial charge in [0.05, 0.1) is 0 Å². The molecule has 0 aliphatic carbocycles. The Balaban J connectivity index is 1.60. The van der Waals surface area contributed by atoms with E-state index in [0.717, 1.165) is 38.8 Å². The molecular formula is C21H29F3N2O3. The van der Waals surface area contributed by atoms with Crippen LogP contribution in [0, 0.1) is 0 Å². The molecular weight excluding hydrogens is 385 g/mol. The van der Waals surface area contributed by atoms with Gasteiger partial charge in [-0.25, -0.2) is 0 Å². The number of hydrogen-bond acceptors (Lipinski definition) is 4. The second kappa shape index (κ2) is 9.80. The zero-order chi connectivity index (χ0) is 20.9. The highest BCUT2D eigenvalue weighted by atomic mass is 19.4. The van der Waals surface area contributed by atoms with E-state index in [4.69, 9.17) is 4.74 Å². The summed E-state index contributed by atoms with van der Waals surface area (Å²) in [5.41, 5.74) is 0.522. The molecule has 0 spiro atoms. The molecule has 2 aliphatic heterocycles. The molecule has 2 fully saturated rings. The molecule has 8 heteroatoms. The number of ether oxygens (including phenoxy) is 2. The molecule has 5 nitrogen and oxygen atoms in total. The summed E-state index contributed by atoms with van der Waals surface area (Å²) in [7, 11) is 0. The van der Waals surface area contributed by atoms with E-state index in [9.17, 15) is 18.0 Å². The van der Waals surface area contributed by atoms with Crippen molar-refractivity contribution in [1.82, 2.24) is 9.80 Å². The fraction of sp³-hybridized carbons (Fsp3) is 0.667. The predicted molar refractivity (Wildman–Crippen MR) is 102 cm³/mol. The average Bonchev–Trinajstić information content (AvgIpc) is 2.70. The SMILES string of the molecule is CCC(=O)N(C1CCOCC1)C1CCN(Cc2ccccc2OC(F)(F)F)CC1. The molecule has 0 radical (unpaired) electrons. The number of para-hydroxylation sites is 1. The van der Waals surface area contributed by atoms with Gasteiger partial charge in [-0.1, -0.05) is 25.1 Å². The number of carbonyl (C=O) groups is 1. The van der Waals surface area contributed by atoms with Crippen molar-refractivity contribution in [3.05, 3.63) is 29.8 Å². The maximum Gasteiger partial charge on any atom is 0.573 e. The first-order chi connectivity index (χ1) is 13.9. The minimum atomic E-state index is -4.70. The van der Waals surface area contributed by atoms with E-state index >= 15 is 0 Å². The first kappa shape index (κ1) is 21.9. The van der Waals surface area contributed by atoms with Crippen molar-refractivity contribution in [2.45, 2.75) is 64.0 Å². The molecule has 0 N–H and O–H groups in total. The summed E-state index contributed by atoms with van der Waals surface area (Å²) >= 11 is 0. The zero-order valence-electron chi connectivity index (χ0n) is 16.8. The Bertz CT molecular complexity index is 669. The van der Waals surface area contributed by atoms with Crippen molar-refractivity contribution >= 4 is 5.91 Å². The molecule has 162 valence electrons. The Hall–Kier alpha value is -1.80. The number of carbonyl (C=O) groups excluding carboxylic acids is 1. The maximum absolute atomic E-state index is 12.6. The Morgan fingerprint density at radius 2 is 1.76 bits per heavy atom. The molecule has 1 aromatic rings. The highest BCUT2D eigenvalue weighted by Gasteiger charge is 2.34. The van der Waals surface area contributed by atoms with Crippen LogP contribution in [0.15, 0.2) is 24.3 Å². The Morgan fingerprint density at radius 3 is 2.38 bits per heavy atom. The van der Waals surface area contributed by atoms with Crippen molar-refractivity contribution < 1.29 is 27.4 Å². The predicted octanol–water partition coefficient (Wildman–Crippen LogP) is 3.97. The van der Waals surface area contributed by atoms with Crippen LogP contribution in [0.1, 0.15) is 44.6 Å². The lowest BCUT2D eigenvalue weighted by atomic mass is 9.97. The lowest BCUT2D eigenvalue weighted by Crippen LogP contribution is -2.52. The molecule has 29 heavy (non-hydrogen) atoms. The lowest BCUT2D eigenvalue weighted by molar-refractivity contribution is -0.275. The highest BCUT2D eigenvalue weighted by molar-refractivity contribution is 5.76. The third kappa shape index (κ3) is 6.09. The summed E-state index contributed by atoms with van der Waals surface area (Å²) < 4.78 is 47.5. The van der Waals surface area contributed by atoms with Crippen LogP contribution in [-0.4, -0.2) is 60.5 Å². The number of hydrogen-bond donors (Lipinski definition) is 0. The topological polar surface area (TPSA) is 42.0 Å². The minimum Gasteiger partial charge on any atom is -0.405 e. The largest absolute Gasteiger partial charge is 0.573 e. The van der Waals surface area contributed by atoms with Crippen molar-refractivity contribution in [2.24, 2.45) is 0 Å². The summed E-state index contributed by atoms with van der Waals surface area (Å²) in [6, 6.07) is 6.69. The van der Waals surface area contributed by atoms with Crippen LogP contribution in [0.5, 0.6) is 5.75 Å². The summed E-state index contributed by atoms with van der Waals surface area (Å²) in [5, 5.41) is 0. The van der Waals surface area contributed by atoms with E-state index in [2.05, 4.69) is 14.5 Å². The number of halogens is 3. The van der Waals surface area contributed by atoms with Gasteiger partial charge in [-0.15, -0.1) is 13.2 Å². The van der Waals surface area contributed by atoms with E-state index in [1.165, 1.54) is 6.07 Å². The average molecular weight is 414 g/mol. The van der Waals surface area contributed by atoms with Crippen LogP contribution in [0.2, 0.25) is 0 Å². The molecule has 2 saturated heterocycles. The maximum atomic E-state index is 12.6. The molecule has 0 aromatic heterocycles. The lowest BCUT2D eigenvalue weighted by Gasteiger charge is -2.43. The molecule has 0 atom stereocenters. The summed E-state index contributed by atoms with van der Waals surface area (Å²) in [6.45, 7) is 5.14. The molecule has 0 unspecified atom stereocenters. The van der Waals surface area contributed by atoms with Crippen molar-refractivity contribution in [3.8, 4) is 5.75 Å². The number of piperidine rings is 1. The van der Waals surface area contributed by atoms with Gasteiger partial charge in [0.2, 0.25) is 5.91 Å². The number of amides is 1. The van der Waals surface area contributed by atoms with Gasteiger partial charge in [0.25, 0.3) is 0 Å². The summed E-state index contributed by atoms with van der Waals surface area (Å²) in [4.78, 5) is 16.8. The van der Waals surface area contributed by atoms with Crippen molar-refractivity contribution in [1.29, 1.82) is 0 Å². The molecule has 1 amide bonds. The molecule has 0 saturated carbocycles. The van der Waals surface area contributed by atoms with Gasteiger partial charge in [-0.2, -0.15) is 0 Å². The number of nitrogens with zero attached hydrogens (tertiary/aromatic N) is 2. The number of likely N-dealkylation sites (tertiary alicyclic amines) is 1. The molecule has 2 heterocycles. The van der Waals surface area contributed by atoms with Gasteiger partial charge in [-0.3, -0.25) is 9.69 Å². The monoisotopic (exact) mass is 414 g/mol.